The Bertz CT molecular complexity index is 798. The zero-order valence-corrected chi connectivity index (χ0v) is 12.9. The Labute approximate surface area is 126 Å². The minimum atomic E-state index is -0.441. The van der Waals surface area contributed by atoms with Gasteiger partial charge in [0.15, 0.2) is 0 Å². The van der Waals surface area contributed by atoms with Crippen LogP contribution in [0.4, 0.5) is 0 Å². The molecule has 0 bridgehead atoms. The van der Waals surface area contributed by atoms with E-state index in [0.29, 0.717) is 5.56 Å². The Hall–Kier alpha value is -2.15. The molecule has 4 heterocycles. The minimum absolute atomic E-state index is 0.441. The second-order valence-electron chi connectivity index (χ2n) is 4.60. The van der Waals surface area contributed by atoms with E-state index in [4.69, 9.17) is 5.73 Å². The highest BCUT2D eigenvalue weighted by atomic mass is 32.1. The molecular formula is C14H17N5OS. The van der Waals surface area contributed by atoms with Crippen LogP contribution in [0.25, 0.3) is 15.3 Å². The van der Waals surface area contributed by atoms with Gasteiger partial charge in [-0.1, -0.05) is 13.8 Å². The Balaban J connectivity index is 0.000000636. The lowest BCUT2D eigenvalue weighted by atomic mass is 10.2. The van der Waals surface area contributed by atoms with Crippen molar-refractivity contribution in [1.29, 1.82) is 0 Å². The van der Waals surface area contributed by atoms with E-state index in [1.54, 1.807) is 4.52 Å². The second-order valence-corrected chi connectivity index (χ2v) is 5.63. The van der Waals surface area contributed by atoms with Gasteiger partial charge in [-0.3, -0.25) is 9.48 Å². The van der Waals surface area contributed by atoms with Crippen LogP contribution in [0.2, 0.25) is 0 Å². The molecule has 7 heteroatoms. The van der Waals surface area contributed by atoms with Crippen molar-refractivity contribution in [1.82, 2.24) is 19.4 Å². The van der Waals surface area contributed by atoms with Crippen molar-refractivity contribution in [3.05, 3.63) is 29.8 Å². The number of nitrogens with zero attached hydrogens (tertiary/aromatic N) is 4. The van der Waals surface area contributed by atoms with Crippen LogP contribution in [0.15, 0.2) is 18.6 Å². The molecule has 0 saturated heterocycles. The van der Waals surface area contributed by atoms with E-state index < -0.39 is 5.91 Å². The molecule has 2 N–H and O–H groups in total. The van der Waals surface area contributed by atoms with E-state index in [1.165, 1.54) is 23.2 Å². The third-order valence-corrected chi connectivity index (χ3v) is 4.60. The molecule has 3 aromatic heterocycles. The number of carbonyl (C=O) groups is 1. The van der Waals surface area contributed by atoms with E-state index in [-0.39, 0.29) is 0 Å². The number of aromatic nitrogens is 4. The lowest BCUT2D eigenvalue weighted by molar-refractivity contribution is 0.100. The molecule has 1 aliphatic rings. The lowest BCUT2D eigenvalue weighted by Gasteiger charge is -1.95. The van der Waals surface area contributed by atoms with Crippen LogP contribution >= 0.6 is 11.3 Å². The quantitative estimate of drug-likeness (QED) is 0.789. The average Bonchev–Trinajstić information content (AvgIpc) is 3.19. The number of thiazole rings is 1. The molecule has 1 amide bonds. The van der Waals surface area contributed by atoms with Gasteiger partial charge in [0.2, 0.25) is 0 Å². The molecule has 0 atom stereocenters. The van der Waals surface area contributed by atoms with Gasteiger partial charge in [0, 0.05) is 24.0 Å². The van der Waals surface area contributed by atoms with Crippen molar-refractivity contribution in [3.63, 3.8) is 0 Å². The molecule has 0 aromatic carbocycles. The normalized spacial score (nSPS) is 13.0. The van der Waals surface area contributed by atoms with Crippen LogP contribution in [-0.4, -0.2) is 25.3 Å². The van der Waals surface area contributed by atoms with Gasteiger partial charge in [-0.25, -0.2) is 4.52 Å². The van der Waals surface area contributed by atoms with Crippen molar-refractivity contribution in [3.8, 4) is 10.4 Å². The molecule has 1 aliphatic heterocycles. The van der Waals surface area contributed by atoms with Gasteiger partial charge >= 0.3 is 0 Å². The van der Waals surface area contributed by atoms with E-state index in [9.17, 15) is 4.79 Å². The third kappa shape index (κ3) is 2.13. The maximum Gasteiger partial charge on any atom is 0.253 e. The number of aryl methyl sites for hydroxylation is 1. The topological polar surface area (TPSA) is 78.2 Å². The number of fused-ring (bicyclic) bond motifs is 2. The maximum absolute atomic E-state index is 11.3. The molecular weight excluding hydrogens is 286 g/mol. The first-order chi connectivity index (χ1) is 10.2. The van der Waals surface area contributed by atoms with Gasteiger partial charge in [-0.15, -0.1) is 11.3 Å². The zero-order valence-electron chi connectivity index (χ0n) is 12.0. The van der Waals surface area contributed by atoms with Crippen molar-refractivity contribution in [2.24, 2.45) is 5.73 Å². The number of amides is 1. The van der Waals surface area contributed by atoms with Crippen LogP contribution in [-0.2, 0) is 13.0 Å². The van der Waals surface area contributed by atoms with E-state index in [1.807, 2.05) is 30.9 Å². The number of hydrogen-bond donors (Lipinski definition) is 1. The average molecular weight is 303 g/mol. The molecule has 21 heavy (non-hydrogen) atoms. The number of nitrogens with two attached hydrogens (primary N) is 1. The SMILES string of the molecule is CC.NC(=O)c1cnn2cc(-c3cnn4c3CCC4)sc12. The summed E-state index contributed by atoms with van der Waals surface area (Å²) < 4.78 is 3.76. The number of hydrogen-bond acceptors (Lipinski definition) is 4. The molecule has 6 nitrogen and oxygen atoms in total. The standard InChI is InChI=1S/C12H11N5OS.C2H6/c13-11(18)8-5-15-17-6-10(19-12(8)17)7-4-14-16-3-1-2-9(7)16;1-2/h4-6H,1-3H2,(H2,13,18);1-2H3. The van der Waals surface area contributed by atoms with Crippen LogP contribution < -0.4 is 5.73 Å². The van der Waals surface area contributed by atoms with Gasteiger partial charge in [0.1, 0.15) is 4.83 Å². The van der Waals surface area contributed by atoms with Gasteiger partial charge in [0.05, 0.1) is 22.8 Å². The molecule has 0 radical (unpaired) electrons. The predicted octanol–water partition coefficient (Wildman–Crippen LogP) is 2.33. The maximum atomic E-state index is 11.3. The number of primary amides is 1. The fourth-order valence-corrected chi connectivity index (χ4v) is 3.65. The first-order valence-corrected chi connectivity index (χ1v) is 7.88. The highest BCUT2D eigenvalue weighted by Gasteiger charge is 2.20. The van der Waals surface area contributed by atoms with Crippen molar-refractivity contribution >= 4 is 22.1 Å². The summed E-state index contributed by atoms with van der Waals surface area (Å²) in [6.07, 6.45) is 7.54. The monoisotopic (exact) mass is 303 g/mol. The lowest BCUT2D eigenvalue weighted by Crippen LogP contribution is -2.09. The Kier molecular flexibility index (Phi) is 3.50. The number of rotatable bonds is 2. The predicted molar refractivity (Wildman–Crippen MR) is 82.5 cm³/mol. The molecule has 0 spiro atoms. The minimum Gasteiger partial charge on any atom is -0.365 e. The molecule has 0 unspecified atom stereocenters. The summed E-state index contributed by atoms with van der Waals surface area (Å²) in [5, 5.41) is 8.55. The highest BCUT2D eigenvalue weighted by molar-refractivity contribution is 7.21. The summed E-state index contributed by atoms with van der Waals surface area (Å²) in [5.74, 6) is -0.441. The first kappa shape index (κ1) is 13.8. The zero-order chi connectivity index (χ0) is 15.0. The molecule has 0 fully saturated rings. The molecule has 110 valence electrons. The molecule has 0 aliphatic carbocycles. The second kappa shape index (κ2) is 5.33. The smallest absolute Gasteiger partial charge is 0.253 e. The molecule has 0 saturated carbocycles. The summed E-state index contributed by atoms with van der Waals surface area (Å²) in [6, 6.07) is 0. The van der Waals surface area contributed by atoms with Gasteiger partial charge in [-0.2, -0.15) is 10.2 Å². The Morgan fingerprint density at radius 3 is 2.90 bits per heavy atom. The summed E-state index contributed by atoms with van der Waals surface area (Å²) in [4.78, 5) is 13.2. The largest absolute Gasteiger partial charge is 0.365 e. The van der Waals surface area contributed by atoms with E-state index >= 15 is 0 Å². The third-order valence-electron chi connectivity index (χ3n) is 3.46. The molecule has 3 aromatic rings. The van der Waals surface area contributed by atoms with Gasteiger partial charge in [-0.05, 0) is 12.8 Å². The summed E-state index contributed by atoms with van der Waals surface area (Å²) >= 11 is 1.53. The van der Waals surface area contributed by atoms with Crippen molar-refractivity contribution < 1.29 is 4.79 Å². The van der Waals surface area contributed by atoms with Crippen LogP contribution in [0, 0.1) is 0 Å². The Morgan fingerprint density at radius 1 is 1.33 bits per heavy atom. The van der Waals surface area contributed by atoms with Crippen LogP contribution in [0.1, 0.15) is 36.3 Å². The summed E-state index contributed by atoms with van der Waals surface area (Å²) in [5.41, 5.74) is 8.22. The summed E-state index contributed by atoms with van der Waals surface area (Å²) in [7, 11) is 0. The van der Waals surface area contributed by atoms with Gasteiger partial charge in [0.25, 0.3) is 5.91 Å². The molecule has 4 rings (SSSR count). The first-order valence-electron chi connectivity index (χ1n) is 7.06. The summed E-state index contributed by atoms with van der Waals surface area (Å²) in [6.45, 7) is 4.99. The fourth-order valence-electron chi connectivity index (χ4n) is 2.55. The fraction of sp³-hybridized carbons (Fsp3) is 0.357. The van der Waals surface area contributed by atoms with Crippen LogP contribution in [0.3, 0.4) is 0 Å². The van der Waals surface area contributed by atoms with Gasteiger partial charge < -0.3 is 5.73 Å². The Morgan fingerprint density at radius 2 is 2.14 bits per heavy atom. The van der Waals surface area contributed by atoms with Crippen molar-refractivity contribution in [2.45, 2.75) is 33.2 Å². The van der Waals surface area contributed by atoms with E-state index in [2.05, 4.69) is 10.2 Å². The van der Waals surface area contributed by atoms with Crippen LogP contribution in [0.5, 0.6) is 0 Å². The van der Waals surface area contributed by atoms with Crippen molar-refractivity contribution in [2.75, 3.05) is 0 Å². The highest BCUT2D eigenvalue weighted by Crippen LogP contribution is 2.34. The van der Waals surface area contributed by atoms with E-state index in [0.717, 1.165) is 34.7 Å². The number of carbonyl (C=O) groups excluding carboxylic acids is 1.